The minimum absolute atomic E-state index is 0.114. The topological polar surface area (TPSA) is 116 Å². The zero-order valence-corrected chi connectivity index (χ0v) is 22.4. The molecule has 38 heavy (non-hydrogen) atoms. The molecule has 4 rings (SSSR count). The van der Waals surface area contributed by atoms with Crippen LogP contribution in [0.5, 0.6) is 0 Å². The number of hydrogen-bond acceptors (Lipinski definition) is 9. The number of aromatic nitrogens is 4. The van der Waals surface area contributed by atoms with E-state index in [-0.39, 0.29) is 17.5 Å². The number of esters is 2. The number of nitrogens with one attached hydrogen (secondary N) is 1. The predicted octanol–water partition coefficient (Wildman–Crippen LogP) is 5.76. The van der Waals surface area contributed by atoms with Gasteiger partial charge in [-0.1, -0.05) is 13.8 Å². The van der Waals surface area contributed by atoms with Crippen LogP contribution in [-0.2, 0) is 15.0 Å². The molecule has 0 radical (unpaired) electrons. The van der Waals surface area contributed by atoms with Gasteiger partial charge in [0.25, 0.3) is 0 Å². The highest BCUT2D eigenvalue weighted by molar-refractivity contribution is 6.28. The molecular weight excluding hydrogens is 520 g/mol. The summed E-state index contributed by atoms with van der Waals surface area (Å²) in [6.45, 7) is 8.05. The first-order valence-electron chi connectivity index (χ1n) is 12.1. The van der Waals surface area contributed by atoms with Gasteiger partial charge in [0.1, 0.15) is 11.6 Å². The van der Waals surface area contributed by atoms with Gasteiger partial charge in [0, 0.05) is 30.9 Å². The van der Waals surface area contributed by atoms with E-state index in [0.717, 1.165) is 25.3 Å². The number of carbonyl (C=O) groups is 2. The lowest BCUT2D eigenvalue weighted by molar-refractivity contribution is 0.0515. The summed E-state index contributed by atoms with van der Waals surface area (Å²) < 4.78 is 36.6. The Morgan fingerprint density at radius 1 is 0.868 bits per heavy atom. The van der Waals surface area contributed by atoms with Crippen LogP contribution in [0.2, 0.25) is 5.28 Å². The maximum absolute atomic E-state index is 13.5. The van der Waals surface area contributed by atoms with Crippen molar-refractivity contribution in [3.8, 4) is 0 Å². The van der Waals surface area contributed by atoms with Crippen LogP contribution in [0.15, 0.2) is 43.0 Å². The smallest absolute Gasteiger partial charge is 0.341 e. The maximum atomic E-state index is 13.5. The molecule has 2 heterocycles. The van der Waals surface area contributed by atoms with Gasteiger partial charge >= 0.3 is 11.9 Å². The molecule has 1 fully saturated rings. The number of benzene rings is 1. The Labute approximate surface area is 225 Å². The number of rotatable bonds is 7. The van der Waals surface area contributed by atoms with Crippen LogP contribution in [0.1, 0.15) is 73.2 Å². The third-order valence-corrected chi connectivity index (χ3v) is 5.46. The largest absolute Gasteiger partial charge is 0.462 e. The standard InChI is InChI=1S/C17H17F2N3O2.C7H7ClN2O2.C2H6/c1-2-24-15(23)11-9-20-16(21-10-11)22-17(4-3-5-17)12-6-13(18)8-14(19)7-12;1-2-12-6(11)5-3-9-7(8)10-4-5;1-2/h6-10H,2-5H2,1H3,(H,20,21,22);3-4H,2H2,1H3;1-2H3. The second-order valence-electron chi connectivity index (χ2n) is 7.70. The molecule has 3 aromatic rings. The average molecular weight is 550 g/mol. The Bertz CT molecular complexity index is 1170. The van der Waals surface area contributed by atoms with E-state index >= 15 is 0 Å². The first-order chi connectivity index (χ1) is 18.3. The molecule has 1 N–H and O–H groups in total. The Morgan fingerprint density at radius 3 is 1.71 bits per heavy atom. The summed E-state index contributed by atoms with van der Waals surface area (Å²) in [5.41, 5.74) is 0.501. The summed E-state index contributed by atoms with van der Waals surface area (Å²) in [6, 6.07) is 3.49. The van der Waals surface area contributed by atoms with Gasteiger partial charge in [-0.3, -0.25) is 0 Å². The van der Waals surface area contributed by atoms with E-state index in [9.17, 15) is 18.4 Å². The molecule has 1 aromatic carbocycles. The lowest BCUT2D eigenvalue weighted by Gasteiger charge is -2.43. The minimum atomic E-state index is -0.614. The minimum Gasteiger partial charge on any atom is -0.462 e. The van der Waals surface area contributed by atoms with Crippen molar-refractivity contribution >= 4 is 29.5 Å². The fraction of sp³-hybridized carbons (Fsp3) is 0.385. The molecule has 1 saturated carbocycles. The highest BCUT2D eigenvalue weighted by Gasteiger charge is 2.40. The van der Waals surface area contributed by atoms with Crippen LogP contribution < -0.4 is 5.32 Å². The lowest BCUT2D eigenvalue weighted by Crippen LogP contribution is -2.42. The molecule has 0 amide bonds. The van der Waals surface area contributed by atoms with Crippen molar-refractivity contribution in [3.05, 3.63) is 76.6 Å². The quantitative estimate of drug-likeness (QED) is 0.290. The van der Waals surface area contributed by atoms with Crippen LogP contribution in [0, 0.1) is 11.6 Å². The van der Waals surface area contributed by atoms with Gasteiger partial charge in [-0.25, -0.2) is 38.3 Å². The first kappa shape index (κ1) is 30.5. The number of halogens is 3. The summed E-state index contributed by atoms with van der Waals surface area (Å²) in [4.78, 5) is 38.1. The second-order valence-corrected chi connectivity index (χ2v) is 8.03. The summed E-state index contributed by atoms with van der Waals surface area (Å²) in [6.07, 6.45) is 7.77. The van der Waals surface area contributed by atoms with Crippen LogP contribution in [-0.4, -0.2) is 45.1 Å². The molecular formula is C26H30ClF2N5O4. The van der Waals surface area contributed by atoms with Crippen molar-refractivity contribution in [2.24, 2.45) is 0 Å². The van der Waals surface area contributed by atoms with E-state index in [1.807, 2.05) is 13.8 Å². The van der Waals surface area contributed by atoms with E-state index in [1.54, 1.807) is 13.8 Å². The molecule has 1 aliphatic rings. The molecule has 2 aromatic heterocycles. The Morgan fingerprint density at radius 2 is 1.32 bits per heavy atom. The number of carbonyl (C=O) groups excluding carboxylic acids is 2. The van der Waals surface area contributed by atoms with Crippen molar-refractivity contribution in [2.45, 2.75) is 52.5 Å². The van der Waals surface area contributed by atoms with E-state index in [4.69, 9.17) is 21.1 Å². The maximum Gasteiger partial charge on any atom is 0.341 e. The third kappa shape index (κ3) is 8.41. The van der Waals surface area contributed by atoms with E-state index < -0.39 is 29.1 Å². The molecule has 0 unspecified atom stereocenters. The van der Waals surface area contributed by atoms with Crippen LogP contribution >= 0.6 is 11.6 Å². The fourth-order valence-corrected chi connectivity index (χ4v) is 3.50. The normalized spacial score (nSPS) is 12.9. The number of ether oxygens (including phenoxy) is 2. The van der Waals surface area contributed by atoms with Gasteiger partial charge in [0.15, 0.2) is 0 Å². The van der Waals surface area contributed by atoms with Crippen LogP contribution in [0.4, 0.5) is 14.7 Å². The molecule has 1 aliphatic carbocycles. The molecule has 12 heteroatoms. The molecule has 0 saturated heterocycles. The average Bonchev–Trinajstić information content (AvgIpc) is 2.88. The third-order valence-electron chi connectivity index (χ3n) is 5.27. The Kier molecular flexibility index (Phi) is 11.9. The van der Waals surface area contributed by atoms with Crippen LogP contribution in [0.25, 0.3) is 0 Å². The van der Waals surface area contributed by atoms with Crippen molar-refractivity contribution in [1.29, 1.82) is 0 Å². The molecule has 204 valence electrons. The predicted molar refractivity (Wildman–Crippen MR) is 138 cm³/mol. The van der Waals surface area contributed by atoms with Crippen molar-refractivity contribution < 1.29 is 27.8 Å². The van der Waals surface area contributed by atoms with Gasteiger partial charge in [0.05, 0.1) is 29.9 Å². The Balaban J connectivity index is 0.000000305. The van der Waals surface area contributed by atoms with Crippen molar-refractivity contribution in [3.63, 3.8) is 0 Å². The van der Waals surface area contributed by atoms with Gasteiger partial charge in [-0.15, -0.1) is 0 Å². The number of nitrogens with zero attached hydrogens (tertiary/aromatic N) is 4. The van der Waals surface area contributed by atoms with Gasteiger partial charge < -0.3 is 14.8 Å². The van der Waals surface area contributed by atoms with Crippen LogP contribution in [0.3, 0.4) is 0 Å². The summed E-state index contributed by atoms with van der Waals surface area (Å²) in [7, 11) is 0. The zero-order chi connectivity index (χ0) is 28.1. The molecule has 0 spiro atoms. The Hall–Kier alpha value is -3.73. The van der Waals surface area contributed by atoms with E-state index in [2.05, 4.69) is 25.3 Å². The number of anilines is 1. The SMILES string of the molecule is CC.CCOC(=O)c1cnc(Cl)nc1.CCOC(=O)c1cnc(NC2(c3cc(F)cc(F)c3)CCC2)nc1. The van der Waals surface area contributed by atoms with Gasteiger partial charge in [0.2, 0.25) is 11.2 Å². The summed E-state index contributed by atoms with van der Waals surface area (Å²) >= 11 is 5.42. The highest BCUT2D eigenvalue weighted by atomic mass is 35.5. The second kappa shape index (κ2) is 14.9. The van der Waals surface area contributed by atoms with Crippen molar-refractivity contribution in [1.82, 2.24) is 19.9 Å². The lowest BCUT2D eigenvalue weighted by atomic mass is 9.72. The molecule has 0 aliphatic heterocycles. The van der Waals surface area contributed by atoms with Gasteiger partial charge in [-0.05, 0) is 62.4 Å². The highest BCUT2D eigenvalue weighted by Crippen LogP contribution is 2.43. The van der Waals surface area contributed by atoms with E-state index in [0.29, 0.717) is 23.7 Å². The number of hydrogen-bond donors (Lipinski definition) is 1. The molecule has 9 nitrogen and oxygen atoms in total. The monoisotopic (exact) mass is 549 g/mol. The summed E-state index contributed by atoms with van der Waals surface area (Å²) in [5, 5.41) is 3.27. The van der Waals surface area contributed by atoms with Gasteiger partial charge in [-0.2, -0.15) is 0 Å². The molecule has 0 bridgehead atoms. The summed E-state index contributed by atoms with van der Waals surface area (Å²) in [5.74, 6) is -1.86. The van der Waals surface area contributed by atoms with Crippen molar-refractivity contribution in [2.75, 3.05) is 18.5 Å². The fourth-order valence-electron chi connectivity index (χ4n) is 3.40. The van der Waals surface area contributed by atoms with E-state index in [1.165, 1.54) is 36.9 Å². The zero-order valence-electron chi connectivity index (χ0n) is 21.6. The molecule has 0 atom stereocenters. The first-order valence-corrected chi connectivity index (χ1v) is 12.5.